The lowest BCUT2D eigenvalue weighted by atomic mass is 10.1. The van der Waals surface area contributed by atoms with Gasteiger partial charge < -0.3 is 15.7 Å². The van der Waals surface area contributed by atoms with Crippen LogP contribution in [-0.4, -0.2) is 29.0 Å². The number of aliphatic hydroxyl groups excluding tert-OH is 1. The molecule has 25 heavy (non-hydrogen) atoms. The molecule has 4 nitrogen and oxygen atoms in total. The van der Waals surface area contributed by atoms with Gasteiger partial charge in [-0.15, -0.1) is 0 Å². The third-order valence-corrected chi connectivity index (χ3v) is 3.98. The molecule has 0 aliphatic rings. The van der Waals surface area contributed by atoms with Gasteiger partial charge in [-0.05, 0) is 35.2 Å². The largest absolute Gasteiger partial charge is 0.398 e. The number of aliphatic hydroxyl groups is 1. The van der Waals surface area contributed by atoms with Crippen LogP contribution in [0.5, 0.6) is 0 Å². The Morgan fingerprint density at radius 2 is 1.76 bits per heavy atom. The Morgan fingerprint density at radius 1 is 1.12 bits per heavy atom. The number of nitrogens with two attached hydrogens (primary N) is 1. The third kappa shape index (κ3) is 5.57. The van der Waals surface area contributed by atoms with E-state index in [0.29, 0.717) is 17.8 Å². The van der Waals surface area contributed by atoms with E-state index in [2.05, 4.69) is 0 Å². The van der Waals surface area contributed by atoms with Crippen molar-refractivity contribution in [2.75, 3.05) is 18.8 Å². The van der Waals surface area contributed by atoms with Crippen LogP contribution in [0.3, 0.4) is 0 Å². The first-order valence-electron chi connectivity index (χ1n) is 8.41. The van der Waals surface area contributed by atoms with E-state index in [0.717, 1.165) is 5.56 Å². The topological polar surface area (TPSA) is 66.6 Å². The first-order chi connectivity index (χ1) is 11.9. The fraction of sp³-hybridized carbons (Fsp3) is 0.350. The molecule has 0 heterocycles. The molecule has 134 valence electrons. The average molecular weight is 344 g/mol. The monoisotopic (exact) mass is 344 g/mol. The van der Waals surface area contributed by atoms with Crippen molar-refractivity contribution in [2.24, 2.45) is 5.92 Å². The summed E-state index contributed by atoms with van der Waals surface area (Å²) in [5.41, 5.74) is 7.86. The zero-order valence-corrected chi connectivity index (χ0v) is 14.7. The number of rotatable bonds is 7. The van der Waals surface area contributed by atoms with Crippen LogP contribution in [0.1, 0.15) is 31.1 Å². The zero-order valence-electron chi connectivity index (χ0n) is 14.7. The lowest BCUT2D eigenvalue weighted by molar-refractivity contribution is -0.132. The molecule has 0 aliphatic carbocycles. The number of hydrogen-bond donors (Lipinski definition) is 2. The van der Waals surface area contributed by atoms with Crippen molar-refractivity contribution in [3.63, 3.8) is 0 Å². The zero-order chi connectivity index (χ0) is 18.4. The van der Waals surface area contributed by atoms with Crippen LogP contribution < -0.4 is 5.73 Å². The Morgan fingerprint density at radius 3 is 2.36 bits per heavy atom. The van der Waals surface area contributed by atoms with Gasteiger partial charge in [-0.2, -0.15) is 0 Å². The normalized spacial score (nSPS) is 12.2. The smallest absolute Gasteiger partial charge is 0.227 e. The van der Waals surface area contributed by atoms with E-state index in [-0.39, 0.29) is 30.6 Å². The van der Waals surface area contributed by atoms with E-state index in [1.54, 1.807) is 11.0 Å². The van der Waals surface area contributed by atoms with E-state index >= 15 is 0 Å². The highest BCUT2D eigenvalue weighted by atomic mass is 19.1. The van der Waals surface area contributed by atoms with Crippen LogP contribution in [0.15, 0.2) is 48.5 Å². The van der Waals surface area contributed by atoms with Gasteiger partial charge >= 0.3 is 0 Å². The van der Waals surface area contributed by atoms with Gasteiger partial charge in [0, 0.05) is 12.2 Å². The van der Waals surface area contributed by atoms with Crippen molar-refractivity contribution < 1.29 is 14.3 Å². The number of halogens is 1. The highest BCUT2D eigenvalue weighted by Crippen LogP contribution is 2.18. The van der Waals surface area contributed by atoms with Crippen molar-refractivity contribution >= 4 is 11.6 Å². The van der Waals surface area contributed by atoms with Crippen LogP contribution in [0.2, 0.25) is 0 Å². The molecule has 0 spiro atoms. The quantitative estimate of drug-likeness (QED) is 0.758. The fourth-order valence-electron chi connectivity index (χ4n) is 2.69. The summed E-state index contributed by atoms with van der Waals surface area (Å²) in [5.74, 6) is -0.184. The summed E-state index contributed by atoms with van der Waals surface area (Å²) in [6.07, 6.45) is -0.674. The highest BCUT2D eigenvalue weighted by Gasteiger charge is 2.20. The summed E-state index contributed by atoms with van der Waals surface area (Å²) in [7, 11) is 0. The summed E-state index contributed by atoms with van der Waals surface area (Å²) in [6.45, 7) is 4.72. The summed E-state index contributed by atoms with van der Waals surface area (Å²) >= 11 is 0. The third-order valence-electron chi connectivity index (χ3n) is 3.98. The van der Waals surface area contributed by atoms with Gasteiger partial charge in [-0.25, -0.2) is 4.39 Å². The van der Waals surface area contributed by atoms with Crippen LogP contribution in [0, 0.1) is 11.7 Å². The maximum absolute atomic E-state index is 13.0. The Labute approximate surface area is 148 Å². The van der Waals surface area contributed by atoms with Crippen molar-refractivity contribution in [1.82, 2.24) is 4.90 Å². The van der Waals surface area contributed by atoms with Gasteiger partial charge in [-0.3, -0.25) is 4.79 Å². The van der Waals surface area contributed by atoms with Gasteiger partial charge in [0.05, 0.1) is 19.1 Å². The van der Waals surface area contributed by atoms with Gasteiger partial charge in [0.25, 0.3) is 0 Å². The Hall–Kier alpha value is -2.40. The summed E-state index contributed by atoms with van der Waals surface area (Å²) in [4.78, 5) is 14.4. The van der Waals surface area contributed by atoms with E-state index in [1.165, 1.54) is 24.3 Å². The van der Waals surface area contributed by atoms with Gasteiger partial charge in [-0.1, -0.05) is 44.2 Å². The van der Waals surface area contributed by atoms with E-state index in [9.17, 15) is 14.3 Å². The summed E-state index contributed by atoms with van der Waals surface area (Å²) in [6, 6.07) is 12.9. The van der Waals surface area contributed by atoms with Crippen LogP contribution >= 0.6 is 0 Å². The summed E-state index contributed by atoms with van der Waals surface area (Å²) in [5, 5.41) is 10.4. The molecule has 1 unspecified atom stereocenters. The Balaban J connectivity index is 2.10. The molecule has 2 aromatic rings. The second-order valence-electron chi connectivity index (χ2n) is 6.64. The van der Waals surface area contributed by atoms with Crippen molar-refractivity contribution in [3.8, 4) is 0 Å². The fourth-order valence-corrected chi connectivity index (χ4v) is 2.69. The molecule has 5 heteroatoms. The molecule has 3 N–H and O–H groups in total. The van der Waals surface area contributed by atoms with Crippen molar-refractivity contribution in [1.29, 1.82) is 0 Å². The van der Waals surface area contributed by atoms with Crippen LogP contribution in [-0.2, 0) is 11.2 Å². The number of carbonyl (C=O) groups is 1. The maximum Gasteiger partial charge on any atom is 0.227 e. The number of carbonyl (C=O) groups excluding carboxylic acids is 1. The second kappa shape index (κ2) is 8.62. The Kier molecular flexibility index (Phi) is 6.53. The second-order valence-corrected chi connectivity index (χ2v) is 6.64. The molecule has 0 bridgehead atoms. The number of nitrogens with zero attached hydrogens (tertiary/aromatic N) is 1. The van der Waals surface area contributed by atoms with E-state index in [4.69, 9.17) is 5.73 Å². The molecule has 1 atom stereocenters. The Bertz CT molecular complexity index is 701. The maximum atomic E-state index is 13.0. The number of para-hydroxylation sites is 1. The lowest BCUT2D eigenvalue weighted by Crippen LogP contribution is -2.38. The van der Waals surface area contributed by atoms with E-state index in [1.807, 2.05) is 32.0 Å². The van der Waals surface area contributed by atoms with Gasteiger partial charge in [0.2, 0.25) is 5.91 Å². The number of nitrogen functional groups attached to an aromatic ring is 1. The molecule has 0 saturated heterocycles. The number of benzene rings is 2. The molecule has 0 aliphatic heterocycles. The van der Waals surface area contributed by atoms with Gasteiger partial charge in [0.15, 0.2) is 0 Å². The summed E-state index contributed by atoms with van der Waals surface area (Å²) < 4.78 is 13.0. The molecule has 2 aromatic carbocycles. The minimum atomic E-state index is -0.864. The number of hydrogen-bond acceptors (Lipinski definition) is 3. The minimum Gasteiger partial charge on any atom is -0.398 e. The first kappa shape index (κ1) is 18.9. The SMILES string of the molecule is CC(C)CN(CC(O)c1ccc(F)cc1)C(=O)Cc1ccccc1N. The average Bonchev–Trinajstić information content (AvgIpc) is 2.56. The predicted octanol–water partition coefficient (Wildman–Crippen LogP) is 3.17. The predicted molar refractivity (Wildman–Crippen MR) is 97.3 cm³/mol. The molecular formula is C20H25FN2O2. The van der Waals surface area contributed by atoms with E-state index < -0.39 is 6.10 Å². The molecule has 1 amide bonds. The lowest BCUT2D eigenvalue weighted by Gasteiger charge is -2.27. The molecule has 0 aromatic heterocycles. The van der Waals surface area contributed by atoms with Crippen LogP contribution in [0.4, 0.5) is 10.1 Å². The molecular weight excluding hydrogens is 319 g/mol. The first-order valence-corrected chi connectivity index (χ1v) is 8.41. The molecule has 0 radical (unpaired) electrons. The molecule has 0 fully saturated rings. The highest BCUT2D eigenvalue weighted by molar-refractivity contribution is 5.80. The molecule has 2 rings (SSSR count). The minimum absolute atomic E-state index is 0.0900. The van der Waals surface area contributed by atoms with Crippen molar-refractivity contribution in [2.45, 2.75) is 26.4 Å². The number of amides is 1. The standard InChI is InChI=1S/C20H25FN2O2/c1-14(2)12-23(13-19(24)15-7-9-17(21)10-8-15)20(25)11-16-5-3-4-6-18(16)22/h3-10,14,19,24H,11-13,22H2,1-2H3. The van der Waals surface area contributed by atoms with Crippen molar-refractivity contribution in [3.05, 3.63) is 65.5 Å². The van der Waals surface area contributed by atoms with Crippen LogP contribution in [0.25, 0.3) is 0 Å². The van der Waals surface area contributed by atoms with Gasteiger partial charge in [0.1, 0.15) is 5.82 Å². The number of anilines is 1. The molecule has 0 saturated carbocycles.